The first-order chi connectivity index (χ1) is 22.1. The molecule has 12 heteroatoms. The van der Waals surface area contributed by atoms with Crippen LogP contribution in [-0.4, -0.2) is 82.6 Å². The lowest BCUT2D eigenvalue weighted by atomic mass is 9.92. The van der Waals surface area contributed by atoms with E-state index in [1.807, 2.05) is 62.7 Å². The summed E-state index contributed by atoms with van der Waals surface area (Å²) in [6.45, 7) is 10.5. The maximum Gasteiger partial charge on any atom is 0.410 e. The summed E-state index contributed by atoms with van der Waals surface area (Å²) >= 11 is 6.40. The molecule has 0 radical (unpaired) electrons. The number of imidazole rings is 1. The number of nitrogens with one attached hydrogen (secondary N) is 3. The van der Waals surface area contributed by atoms with Crippen LogP contribution in [0.4, 0.5) is 9.59 Å². The summed E-state index contributed by atoms with van der Waals surface area (Å²) in [6, 6.07) is 9.17. The molecule has 246 valence electrons. The number of halogens is 1. The van der Waals surface area contributed by atoms with Gasteiger partial charge in [0.25, 0.3) is 0 Å². The summed E-state index contributed by atoms with van der Waals surface area (Å²) in [5, 5.41) is 10.0. The van der Waals surface area contributed by atoms with Gasteiger partial charge in [0.2, 0.25) is 0 Å². The molecule has 4 heterocycles. The minimum Gasteiger partial charge on any atom is -0.446 e. The number of carbonyl (C=O) groups excluding carboxylic acids is 2. The molecule has 2 aliphatic heterocycles. The van der Waals surface area contributed by atoms with Crippen LogP contribution < -0.4 is 16.0 Å². The molecule has 0 bridgehead atoms. The molecule has 2 saturated heterocycles. The third-order valence-electron chi connectivity index (χ3n) is 8.01. The Labute approximate surface area is 275 Å². The fourth-order valence-corrected chi connectivity index (χ4v) is 5.86. The number of carbonyl (C=O) groups is 2. The van der Waals surface area contributed by atoms with Gasteiger partial charge >= 0.3 is 12.1 Å². The molecule has 0 saturated carbocycles. The van der Waals surface area contributed by atoms with E-state index >= 15 is 0 Å². The second-order valence-electron chi connectivity index (χ2n) is 12.8. The van der Waals surface area contributed by atoms with E-state index < -0.39 is 6.04 Å². The Bertz CT molecular complexity index is 1540. The molecule has 2 aromatic heterocycles. The first-order valence-electron chi connectivity index (χ1n) is 15.8. The summed E-state index contributed by atoms with van der Waals surface area (Å²) in [6.07, 6.45) is 9.66. The third kappa shape index (κ3) is 8.86. The number of urea groups is 1. The fraction of sp³-hybridized carbons (Fsp3) is 0.471. The van der Waals surface area contributed by atoms with Crippen molar-refractivity contribution in [3.8, 4) is 0 Å². The molecule has 2 fully saturated rings. The summed E-state index contributed by atoms with van der Waals surface area (Å²) in [4.78, 5) is 35.3. The highest BCUT2D eigenvalue weighted by Gasteiger charge is 2.28. The van der Waals surface area contributed by atoms with Gasteiger partial charge in [-0.2, -0.15) is 0 Å². The largest absolute Gasteiger partial charge is 0.446 e. The van der Waals surface area contributed by atoms with E-state index in [1.54, 1.807) is 23.6 Å². The van der Waals surface area contributed by atoms with Crippen LogP contribution in [0.5, 0.6) is 0 Å². The van der Waals surface area contributed by atoms with Crippen LogP contribution in [0, 0.1) is 0 Å². The number of aromatic nitrogens is 3. The summed E-state index contributed by atoms with van der Waals surface area (Å²) < 4.78 is 12.5. The van der Waals surface area contributed by atoms with E-state index in [0.29, 0.717) is 24.7 Å². The van der Waals surface area contributed by atoms with Gasteiger partial charge in [-0.05, 0) is 67.3 Å². The average Bonchev–Trinajstić information content (AvgIpc) is 3.38. The number of ether oxygens (including phenoxy) is 2. The Morgan fingerprint density at radius 2 is 1.91 bits per heavy atom. The van der Waals surface area contributed by atoms with Crippen LogP contribution in [0.15, 0.2) is 49.1 Å². The number of rotatable bonds is 4. The number of benzene rings is 1. The molecule has 0 spiro atoms. The number of hydrogen-bond donors (Lipinski definition) is 3. The number of nitrogens with zero attached hydrogens (tertiary/aromatic N) is 4. The van der Waals surface area contributed by atoms with Gasteiger partial charge in [-0.1, -0.05) is 23.7 Å². The van der Waals surface area contributed by atoms with E-state index in [4.69, 9.17) is 21.1 Å². The van der Waals surface area contributed by atoms with Gasteiger partial charge in [-0.25, -0.2) is 14.6 Å². The standard InChI is InChI=1S/C24H26ClN5O.C10H18N2O3/c1-24(2,3)29-23(31)28-22(21-13-26-14-30(21)4)19-10-16-6-5-9-27-20(16)11-15-7-8-17(25)12-18(15)19;13-10(12-5-3-11-4-6-12)15-9-1-7-14-8-2-9/h5-10,12-14,22H,11H2,1-4H3,(H2,28,29,31);9,11H,1-8H2. The van der Waals surface area contributed by atoms with E-state index in [1.165, 1.54) is 0 Å². The molecule has 1 atom stereocenters. The third-order valence-corrected chi connectivity index (χ3v) is 8.25. The summed E-state index contributed by atoms with van der Waals surface area (Å²) in [5.74, 6) is 0. The van der Waals surface area contributed by atoms with Crippen molar-refractivity contribution < 1.29 is 19.1 Å². The van der Waals surface area contributed by atoms with Crippen molar-refractivity contribution in [1.29, 1.82) is 0 Å². The van der Waals surface area contributed by atoms with Gasteiger partial charge in [0.15, 0.2) is 0 Å². The molecule has 3 aromatic rings. The number of hydrogen-bond acceptors (Lipinski definition) is 7. The second kappa shape index (κ2) is 15.1. The molecule has 1 unspecified atom stereocenters. The Morgan fingerprint density at radius 1 is 1.15 bits per heavy atom. The molecule has 3 N–H and O–H groups in total. The highest BCUT2D eigenvalue weighted by Crippen LogP contribution is 2.38. The van der Waals surface area contributed by atoms with Gasteiger partial charge in [-0.3, -0.25) is 4.98 Å². The Kier molecular flexibility index (Phi) is 11.0. The SMILES string of the molecule is Cn1cncc1C(NC(=O)NC(C)(C)C)C1=Cc2cccnc2Cc2ccc(Cl)cc21.O=C(OC1CCOCC1)N1CCNCC1. The van der Waals surface area contributed by atoms with E-state index in [-0.39, 0.29) is 23.8 Å². The molecule has 1 aliphatic carbocycles. The number of amides is 3. The van der Waals surface area contributed by atoms with Crippen molar-refractivity contribution in [1.82, 2.24) is 35.4 Å². The highest BCUT2D eigenvalue weighted by molar-refractivity contribution is 6.30. The predicted octanol–water partition coefficient (Wildman–Crippen LogP) is 4.96. The molecular formula is C34H44ClN7O4. The van der Waals surface area contributed by atoms with Crippen molar-refractivity contribution >= 4 is 35.4 Å². The molecule has 46 heavy (non-hydrogen) atoms. The van der Waals surface area contributed by atoms with Crippen LogP contribution in [0.25, 0.3) is 11.6 Å². The van der Waals surface area contributed by atoms with Gasteiger partial charge < -0.3 is 34.9 Å². The zero-order chi connectivity index (χ0) is 32.7. The van der Waals surface area contributed by atoms with Gasteiger partial charge in [0.1, 0.15) is 6.10 Å². The van der Waals surface area contributed by atoms with E-state index in [9.17, 15) is 9.59 Å². The molecule has 3 aliphatic rings. The highest BCUT2D eigenvalue weighted by atomic mass is 35.5. The molecule has 1 aromatic carbocycles. The summed E-state index contributed by atoms with van der Waals surface area (Å²) in [5.41, 5.74) is 5.56. The maximum absolute atomic E-state index is 12.9. The lowest BCUT2D eigenvalue weighted by molar-refractivity contribution is -0.0111. The van der Waals surface area contributed by atoms with Crippen molar-refractivity contribution in [3.63, 3.8) is 0 Å². The average molecular weight is 650 g/mol. The number of pyridine rings is 1. The second-order valence-corrected chi connectivity index (χ2v) is 13.2. The number of aryl methyl sites for hydroxylation is 1. The Balaban J connectivity index is 0.000000232. The molecular weight excluding hydrogens is 606 g/mol. The minimum atomic E-state index is -0.432. The van der Waals surface area contributed by atoms with Crippen molar-refractivity contribution in [2.45, 2.75) is 57.7 Å². The molecule has 6 rings (SSSR count). The van der Waals surface area contributed by atoms with Crippen LogP contribution in [-0.2, 0) is 22.9 Å². The van der Waals surface area contributed by atoms with Crippen molar-refractivity contribution in [3.05, 3.63) is 82.2 Å². The zero-order valence-electron chi connectivity index (χ0n) is 27.0. The first kappa shape index (κ1) is 33.4. The monoisotopic (exact) mass is 649 g/mol. The first-order valence-corrected chi connectivity index (χ1v) is 16.2. The van der Waals surface area contributed by atoms with E-state index in [0.717, 1.165) is 72.7 Å². The number of piperazine rings is 1. The Morgan fingerprint density at radius 3 is 2.61 bits per heavy atom. The maximum atomic E-state index is 12.9. The van der Waals surface area contributed by atoms with Crippen LogP contribution >= 0.6 is 11.6 Å². The topological polar surface area (TPSA) is 123 Å². The predicted molar refractivity (Wildman–Crippen MR) is 179 cm³/mol. The lowest BCUT2D eigenvalue weighted by Gasteiger charge is -2.30. The molecule has 3 amide bonds. The van der Waals surface area contributed by atoms with Crippen molar-refractivity contribution in [2.24, 2.45) is 7.05 Å². The Hall–Kier alpha value is -3.93. The lowest BCUT2D eigenvalue weighted by Crippen LogP contribution is -2.47. The van der Waals surface area contributed by atoms with Gasteiger partial charge in [0, 0.05) is 69.2 Å². The van der Waals surface area contributed by atoms with Gasteiger partial charge in [0.05, 0.1) is 43.2 Å². The van der Waals surface area contributed by atoms with Crippen LogP contribution in [0.2, 0.25) is 5.02 Å². The quantitative estimate of drug-likeness (QED) is 0.365. The van der Waals surface area contributed by atoms with E-state index in [2.05, 4.69) is 32.0 Å². The van der Waals surface area contributed by atoms with Crippen LogP contribution in [0.1, 0.15) is 67.7 Å². The van der Waals surface area contributed by atoms with Crippen LogP contribution in [0.3, 0.4) is 0 Å². The zero-order valence-corrected chi connectivity index (χ0v) is 27.8. The normalized spacial score (nSPS) is 17.2. The van der Waals surface area contributed by atoms with Crippen molar-refractivity contribution in [2.75, 3.05) is 39.4 Å². The summed E-state index contributed by atoms with van der Waals surface area (Å²) in [7, 11) is 1.92. The van der Waals surface area contributed by atoms with Gasteiger partial charge in [-0.15, -0.1) is 0 Å². The minimum absolute atomic E-state index is 0.0566. The fourth-order valence-electron chi connectivity index (χ4n) is 5.69. The molecule has 11 nitrogen and oxygen atoms in total. The number of fused-ring (bicyclic) bond motifs is 2. The smallest absolute Gasteiger partial charge is 0.410 e.